The Morgan fingerprint density at radius 1 is 1.00 bits per heavy atom. The largest absolute Gasteiger partial charge is 0.481 e. The third kappa shape index (κ3) is 3.07. The van der Waals surface area contributed by atoms with E-state index in [-0.39, 0.29) is 4.90 Å². The fourth-order valence-electron chi connectivity index (χ4n) is 3.63. The molecule has 2 aliphatic rings. The van der Waals surface area contributed by atoms with Crippen LogP contribution >= 0.6 is 0 Å². The number of hydrogen-bond acceptors (Lipinski definition) is 4. The van der Waals surface area contributed by atoms with Crippen molar-refractivity contribution in [3.63, 3.8) is 0 Å². The summed E-state index contributed by atoms with van der Waals surface area (Å²) in [4.78, 5) is 4.47. The SMILES string of the molecule is COc1ccc(C2=C(c3ccc(S(N)(=O)=O)cc3)CC3(CC3)C2)cn1. The summed E-state index contributed by atoms with van der Waals surface area (Å²) in [6.07, 6.45) is 6.43. The van der Waals surface area contributed by atoms with Gasteiger partial charge in [-0.25, -0.2) is 18.5 Å². The van der Waals surface area contributed by atoms with Crippen molar-refractivity contribution in [1.82, 2.24) is 4.98 Å². The van der Waals surface area contributed by atoms with Crippen molar-refractivity contribution in [3.05, 3.63) is 53.7 Å². The number of sulfonamides is 1. The maximum atomic E-state index is 11.5. The molecule has 0 bridgehead atoms. The van der Waals surface area contributed by atoms with E-state index in [2.05, 4.69) is 4.98 Å². The van der Waals surface area contributed by atoms with E-state index in [0.717, 1.165) is 24.0 Å². The number of nitrogens with zero attached hydrogens (tertiary/aromatic N) is 1. The molecule has 2 aliphatic carbocycles. The fourth-order valence-corrected chi connectivity index (χ4v) is 4.15. The molecule has 0 unspecified atom stereocenters. The number of hydrogen-bond donors (Lipinski definition) is 1. The number of methoxy groups -OCH3 is 1. The Morgan fingerprint density at radius 3 is 2.08 bits per heavy atom. The van der Waals surface area contributed by atoms with Gasteiger partial charge in [-0.1, -0.05) is 12.1 Å². The minimum absolute atomic E-state index is 0.142. The second-order valence-corrected chi connectivity index (χ2v) is 8.53. The number of benzene rings is 1. The van der Waals surface area contributed by atoms with Gasteiger partial charge >= 0.3 is 0 Å². The number of pyridine rings is 1. The van der Waals surface area contributed by atoms with Crippen LogP contribution in [-0.4, -0.2) is 20.5 Å². The van der Waals surface area contributed by atoms with Gasteiger partial charge in [0.25, 0.3) is 0 Å². The molecule has 0 amide bonds. The minimum Gasteiger partial charge on any atom is -0.481 e. The van der Waals surface area contributed by atoms with Crippen LogP contribution in [0.4, 0.5) is 0 Å². The van der Waals surface area contributed by atoms with Crippen molar-refractivity contribution in [2.24, 2.45) is 10.6 Å². The van der Waals surface area contributed by atoms with Gasteiger partial charge in [-0.15, -0.1) is 0 Å². The van der Waals surface area contributed by atoms with Crippen LogP contribution in [0.25, 0.3) is 11.1 Å². The molecule has 6 heteroatoms. The second-order valence-electron chi connectivity index (χ2n) is 6.97. The van der Waals surface area contributed by atoms with Crippen LogP contribution in [0.3, 0.4) is 0 Å². The van der Waals surface area contributed by atoms with Crippen LogP contribution in [0.1, 0.15) is 36.8 Å². The first kappa shape index (κ1) is 16.3. The van der Waals surface area contributed by atoms with Crippen molar-refractivity contribution < 1.29 is 13.2 Å². The molecule has 25 heavy (non-hydrogen) atoms. The van der Waals surface area contributed by atoms with Crippen LogP contribution in [0, 0.1) is 5.41 Å². The number of ether oxygens (including phenoxy) is 1. The highest BCUT2D eigenvalue weighted by molar-refractivity contribution is 7.89. The zero-order valence-corrected chi connectivity index (χ0v) is 14.8. The van der Waals surface area contributed by atoms with Crippen LogP contribution in [0.15, 0.2) is 47.5 Å². The van der Waals surface area contributed by atoms with Crippen LogP contribution < -0.4 is 9.88 Å². The molecule has 1 aromatic heterocycles. The standard InChI is InChI=1S/C19H20N2O3S/c1-24-18-7-4-14(12-21-18)17-11-19(8-9-19)10-16(17)13-2-5-15(6-3-13)25(20,22)23/h2-7,12H,8-11H2,1H3,(H2,20,22,23). The van der Waals surface area contributed by atoms with Crippen molar-refractivity contribution in [2.75, 3.05) is 7.11 Å². The van der Waals surface area contributed by atoms with Crippen LogP contribution in [0.2, 0.25) is 0 Å². The number of rotatable bonds is 4. The molecule has 2 aromatic rings. The Bertz CT molecular complexity index is 941. The van der Waals surface area contributed by atoms with E-state index in [1.54, 1.807) is 19.2 Å². The van der Waals surface area contributed by atoms with Crippen molar-refractivity contribution in [3.8, 4) is 5.88 Å². The summed E-state index contributed by atoms with van der Waals surface area (Å²) < 4.78 is 28.1. The minimum atomic E-state index is -3.67. The van der Waals surface area contributed by atoms with Gasteiger partial charge in [0, 0.05) is 12.3 Å². The summed E-state index contributed by atoms with van der Waals surface area (Å²) in [6.45, 7) is 0. The van der Waals surface area contributed by atoms with Gasteiger partial charge in [0.1, 0.15) is 0 Å². The lowest BCUT2D eigenvalue weighted by molar-refractivity contribution is 0.398. The van der Waals surface area contributed by atoms with Crippen molar-refractivity contribution in [1.29, 1.82) is 0 Å². The maximum absolute atomic E-state index is 11.5. The van der Waals surface area contributed by atoms with E-state index < -0.39 is 10.0 Å². The molecule has 1 heterocycles. The van der Waals surface area contributed by atoms with Gasteiger partial charge in [0.05, 0.1) is 12.0 Å². The first-order valence-electron chi connectivity index (χ1n) is 8.26. The molecule has 5 nitrogen and oxygen atoms in total. The Morgan fingerprint density at radius 2 is 1.60 bits per heavy atom. The van der Waals surface area contributed by atoms with Gasteiger partial charge in [-0.2, -0.15) is 0 Å². The number of nitrogens with two attached hydrogens (primary N) is 1. The lowest BCUT2D eigenvalue weighted by atomic mass is 9.98. The zero-order chi connectivity index (χ0) is 17.7. The van der Waals surface area contributed by atoms with Gasteiger partial charge in [0.2, 0.25) is 15.9 Å². The summed E-state index contributed by atoms with van der Waals surface area (Å²) in [5.41, 5.74) is 5.14. The molecule has 1 fully saturated rings. The highest BCUT2D eigenvalue weighted by Gasteiger charge is 2.48. The quantitative estimate of drug-likeness (QED) is 0.912. The van der Waals surface area contributed by atoms with Crippen LogP contribution in [0.5, 0.6) is 5.88 Å². The van der Waals surface area contributed by atoms with E-state index in [9.17, 15) is 8.42 Å². The van der Waals surface area contributed by atoms with E-state index >= 15 is 0 Å². The van der Waals surface area contributed by atoms with Gasteiger partial charge < -0.3 is 4.74 Å². The molecule has 130 valence electrons. The maximum Gasteiger partial charge on any atom is 0.238 e. The topological polar surface area (TPSA) is 82.3 Å². The summed E-state index contributed by atoms with van der Waals surface area (Å²) in [5.74, 6) is 0.600. The molecule has 1 saturated carbocycles. The first-order chi connectivity index (χ1) is 11.9. The van der Waals surface area contributed by atoms with Gasteiger partial charge in [0.15, 0.2) is 0 Å². The summed E-state index contributed by atoms with van der Waals surface area (Å²) in [6, 6.07) is 10.8. The molecule has 0 saturated heterocycles. The Hall–Kier alpha value is -2.18. The summed E-state index contributed by atoms with van der Waals surface area (Å²) in [7, 11) is -2.06. The highest BCUT2D eigenvalue weighted by atomic mass is 32.2. The van der Waals surface area contributed by atoms with Crippen molar-refractivity contribution >= 4 is 21.2 Å². The molecular formula is C19H20N2O3S. The molecule has 0 atom stereocenters. The Labute approximate surface area is 147 Å². The lowest BCUT2D eigenvalue weighted by Gasteiger charge is -2.09. The molecule has 1 aromatic carbocycles. The van der Waals surface area contributed by atoms with Crippen molar-refractivity contribution in [2.45, 2.75) is 30.6 Å². The predicted molar refractivity (Wildman–Crippen MR) is 96.3 cm³/mol. The van der Waals surface area contributed by atoms with Gasteiger partial charge in [-0.05, 0) is 71.6 Å². The third-order valence-electron chi connectivity index (χ3n) is 5.25. The molecular weight excluding hydrogens is 336 g/mol. The third-order valence-corrected chi connectivity index (χ3v) is 6.18. The van der Waals surface area contributed by atoms with E-state index in [0.29, 0.717) is 11.3 Å². The monoisotopic (exact) mass is 356 g/mol. The van der Waals surface area contributed by atoms with Crippen LogP contribution in [-0.2, 0) is 10.0 Å². The Balaban J connectivity index is 1.75. The number of aromatic nitrogens is 1. The first-order valence-corrected chi connectivity index (χ1v) is 9.81. The average Bonchev–Trinajstić information content (AvgIpc) is 3.25. The van der Waals surface area contributed by atoms with Gasteiger partial charge in [-0.3, -0.25) is 0 Å². The predicted octanol–water partition coefficient (Wildman–Crippen LogP) is 3.22. The Kier molecular flexibility index (Phi) is 3.70. The fraction of sp³-hybridized carbons (Fsp3) is 0.316. The zero-order valence-electron chi connectivity index (χ0n) is 14.0. The average molecular weight is 356 g/mol. The summed E-state index contributed by atoms with van der Waals surface area (Å²) in [5, 5.41) is 5.20. The normalized spacial score (nSPS) is 18.6. The highest BCUT2D eigenvalue weighted by Crippen LogP contribution is 2.63. The number of allylic oxidation sites excluding steroid dienone is 2. The smallest absolute Gasteiger partial charge is 0.238 e. The molecule has 4 rings (SSSR count). The number of primary sulfonamides is 1. The van der Waals surface area contributed by atoms with E-state index in [4.69, 9.17) is 9.88 Å². The molecule has 2 N–H and O–H groups in total. The van der Waals surface area contributed by atoms with E-state index in [1.165, 1.54) is 24.0 Å². The lowest BCUT2D eigenvalue weighted by Crippen LogP contribution is -2.11. The molecule has 1 spiro atoms. The second kappa shape index (κ2) is 5.68. The van der Waals surface area contributed by atoms with E-state index in [1.807, 2.05) is 30.5 Å². The molecule has 0 radical (unpaired) electrons. The summed E-state index contributed by atoms with van der Waals surface area (Å²) >= 11 is 0. The molecule has 0 aliphatic heterocycles.